The van der Waals surface area contributed by atoms with Gasteiger partial charge in [0.15, 0.2) is 0 Å². The van der Waals surface area contributed by atoms with E-state index in [1.165, 1.54) is 0 Å². The Bertz CT molecular complexity index is 402. The molecule has 0 bridgehead atoms. The number of carbonyl (C=O) groups excluding carboxylic acids is 1. The minimum absolute atomic E-state index is 0.112. The van der Waals surface area contributed by atoms with Gasteiger partial charge in [-0.2, -0.15) is 11.8 Å². The molecule has 2 amide bonds. The summed E-state index contributed by atoms with van der Waals surface area (Å²) in [5, 5.41) is 12.3. The summed E-state index contributed by atoms with van der Waals surface area (Å²) < 4.78 is 0. The minimum Gasteiger partial charge on any atom is -0.480 e. The van der Waals surface area contributed by atoms with Crippen molar-refractivity contribution in [3.8, 4) is 0 Å². The molecule has 1 heterocycles. The number of likely N-dealkylation sites (tertiary alicyclic amines) is 1. The number of nitrogens with one attached hydrogen (secondary N) is 1. The number of carboxylic acid groups (broad SMARTS) is 1. The number of urea groups is 1. The molecule has 0 aromatic heterocycles. The number of amides is 2. The van der Waals surface area contributed by atoms with E-state index < -0.39 is 12.0 Å². The second-order valence-electron chi connectivity index (χ2n) is 5.70. The van der Waals surface area contributed by atoms with Crippen LogP contribution in [0.1, 0.15) is 32.1 Å². The van der Waals surface area contributed by atoms with E-state index in [1.807, 2.05) is 6.08 Å². The molecular formula is C15H24N2O3S. The average molecular weight is 312 g/mol. The molecule has 0 aromatic rings. The second-order valence-corrected chi connectivity index (χ2v) is 6.85. The maximum absolute atomic E-state index is 12.4. The zero-order chi connectivity index (χ0) is 15.2. The molecule has 0 radical (unpaired) electrons. The molecule has 2 rings (SSSR count). The van der Waals surface area contributed by atoms with Crippen molar-refractivity contribution in [2.75, 3.05) is 18.1 Å². The summed E-state index contributed by atoms with van der Waals surface area (Å²) in [6.07, 6.45) is 6.67. The summed E-state index contributed by atoms with van der Waals surface area (Å²) in [5.41, 5.74) is 0. The Hall–Kier alpha value is -1.17. The van der Waals surface area contributed by atoms with Crippen molar-refractivity contribution in [3.63, 3.8) is 0 Å². The van der Waals surface area contributed by atoms with Gasteiger partial charge in [0.05, 0.1) is 0 Å². The molecule has 0 spiro atoms. The second kappa shape index (κ2) is 7.73. The molecule has 21 heavy (non-hydrogen) atoms. The lowest BCUT2D eigenvalue weighted by molar-refractivity contribution is -0.141. The van der Waals surface area contributed by atoms with Gasteiger partial charge in [-0.05, 0) is 25.2 Å². The third kappa shape index (κ3) is 3.93. The largest absolute Gasteiger partial charge is 0.480 e. The minimum atomic E-state index is -0.874. The number of nitrogens with zero attached hydrogens (tertiary/aromatic N) is 1. The number of rotatable bonds is 6. The summed E-state index contributed by atoms with van der Waals surface area (Å²) in [6.45, 7) is 4.22. The highest BCUT2D eigenvalue weighted by molar-refractivity contribution is 7.99. The molecule has 2 N–H and O–H groups in total. The van der Waals surface area contributed by atoms with Gasteiger partial charge in [0.1, 0.15) is 6.04 Å². The molecule has 1 saturated heterocycles. The molecule has 5 nitrogen and oxygen atoms in total. The van der Waals surface area contributed by atoms with Gasteiger partial charge in [0.25, 0.3) is 0 Å². The fraction of sp³-hybridized carbons (Fsp3) is 0.733. The van der Waals surface area contributed by atoms with E-state index in [0.717, 1.165) is 37.2 Å². The monoisotopic (exact) mass is 312 g/mol. The van der Waals surface area contributed by atoms with Crippen LogP contribution >= 0.6 is 11.8 Å². The third-order valence-electron chi connectivity index (χ3n) is 4.37. The van der Waals surface area contributed by atoms with Crippen molar-refractivity contribution in [3.05, 3.63) is 12.7 Å². The van der Waals surface area contributed by atoms with E-state index in [1.54, 1.807) is 16.7 Å². The SMILES string of the molecule is C=CCSCCNC(=O)N1C(C(=O)O)CC2CCCCC21. The first-order valence-electron chi connectivity index (χ1n) is 7.62. The van der Waals surface area contributed by atoms with E-state index in [9.17, 15) is 14.7 Å². The highest BCUT2D eigenvalue weighted by Crippen LogP contribution is 2.39. The molecule has 6 heteroatoms. The van der Waals surface area contributed by atoms with Crippen LogP contribution in [0.4, 0.5) is 4.79 Å². The number of carboxylic acids is 1. The fourth-order valence-corrected chi connectivity index (χ4v) is 4.04. The molecule has 0 aromatic carbocycles. The fourth-order valence-electron chi connectivity index (χ4n) is 3.46. The van der Waals surface area contributed by atoms with Gasteiger partial charge >= 0.3 is 12.0 Å². The third-order valence-corrected chi connectivity index (χ3v) is 5.33. The van der Waals surface area contributed by atoms with Crippen LogP contribution < -0.4 is 5.32 Å². The smallest absolute Gasteiger partial charge is 0.326 e. The lowest BCUT2D eigenvalue weighted by atomic mass is 9.85. The zero-order valence-electron chi connectivity index (χ0n) is 12.3. The number of hydrogen-bond donors (Lipinski definition) is 2. The normalized spacial score (nSPS) is 28.0. The summed E-state index contributed by atoms with van der Waals surface area (Å²) in [7, 11) is 0. The molecule has 1 saturated carbocycles. The maximum Gasteiger partial charge on any atom is 0.326 e. The number of hydrogen-bond acceptors (Lipinski definition) is 3. The Morgan fingerprint density at radius 3 is 2.86 bits per heavy atom. The molecule has 3 atom stereocenters. The Balaban J connectivity index is 1.91. The van der Waals surface area contributed by atoms with Crippen molar-refractivity contribution < 1.29 is 14.7 Å². The number of fused-ring (bicyclic) bond motifs is 1. The Morgan fingerprint density at radius 1 is 1.38 bits per heavy atom. The van der Waals surface area contributed by atoms with E-state index in [4.69, 9.17) is 0 Å². The van der Waals surface area contributed by atoms with Crippen LogP contribution in [0.5, 0.6) is 0 Å². The summed E-state index contributed by atoms with van der Waals surface area (Å²) in [5.74, 6) is 1.17. The van der Waals surface area contributed by atoms with Gasteiger partial charge in [0.2, 0.25) is 0 Å². The maximum atomic E-state index is 12.4. The standard InChI is InChI=1S/C15H24N2O3S/c1-2-8-21-9-7-16-15(20)17-12-6-4-3-5-11(12)10-13(17)14(18)19/h2,11-13H,1,3-10H2,(H,16,20)(H,18,19). The molecular weight excluding hydrogens is 288 g/mol. The molecule has 2 fully saturated rings. The number of aliphatic carboxylic acids is 1. The predicted molar refractivity (Wildman–Crippen MR) is 84.5 cm³/mol. The molecule has 1 aliphatic carbocycles. The molecule has 118 valence electrons. The van der Waals surface area contributed by atoms with Crippen LogP contribution in [-0.2, 0) is 4.79 Å². The van der Waals surface area contributed by atoms with Gasteiger partial charge in [-0.3, -0.25) is 0 Å². The zero-order valence-corrected chi connectivity index (χ0v) is 13.1. The van der Waals surface area contributed by atoms with Crippen molar-refractivity contribution in [2.45, 2.75) is 44.2 Å². The molecule has 3 unspecified atom stereocenters. The van der Waals surface area contributed by atoms with Gasteiger partial charge < -0.3 is 15.3 Å². The van der Waals surface area contributed by atoms with Crippen LogP contribution in [0, 0.1) is 5.92 Å². The highest BCUT2D eigenvalue weighted by atomic mass is 32.2. The average Bonchev–Trinajstić information content (AvgIpc) is 2.86. The summed E-state index contributed by atoms with van der Waals surface area (Å²) in [4.78, 5) is 25.4. The van der Waals surface area contributed by atoms with Crippen molar-refractivity contribution >= 4 is 23.8 Å². The molecule has 1 aliphatic heterocycles. The highest BCUT2D eigenvalue weighted by Gasteiger charge is 2.47. The van der Waals surface area contributed by atoms with Gasteiger partial charge in [-0.25, -0.2) is 9.59 Å². The van der Waals surface area contributed by atoms with Gasteiger partial charge in [-0.1, -0.05) is 18.9 Å². The Morgan fingerprint density at radius 2 is 2.14 bits per heavy atom. The van der Waals surface area contributed by atoms with Crippen LogP contribution in [0.25, 0.3) is 0 Å². The predicted octanol–water partition coefficient (Wildman–Crippen LogP) is 2.33. The van der Waals surface area contributed by atoms with Gasteiger partial charge in [-0.15, -0.1) is 6.58 Å². The Labute approximate surface area is 130 Å². The first kappa shape index (κ1) is 16.2. The molecule has 2 aliphatic rings. The lowest BCUT2D eigenvalue weighted by Crippen LogP contribution is -2.51. The van der Waals surface area contributed by atoms with E-state index in [-0.39, 0.29) is 12.1 Å². The number of carbonyl (C=O) groups is 2. The van der Waals surface area contributed by atoms with Crippen molar-refractivity contribution in [1.29, 1.82) is 0 Å². The van der Waals surface area contributed by atoms with Crippen LogP contribution in [-0.4, -0.2) is 52.1 Å². The van der Waals surface area contributed by atoms with Crippen LogP contribution in [0.3, 0.4) is 0 Å². The first-order valence-corrected chi connectivity index (χ1v) is 8.78. The van der Waals surface area contributed by atoms with E-state index >= 15 is 0 Å². The number of thioether (sulfide) groups is 1. The van der Waals surface area contributed by atoms with Gasteiger partial charge in [0, 0.05) is 24.1 Å². The van der Waals surface area contributed by atoms with E-state index in [2.05, 4.69) is 11.9 Å². The lowest BCUT2D eigenvalue weighted by Gasteiger charge is -2.32. The van der Waals surface area contributed by atoms with Crippen molar-refractivity contribution in [1.82, 2.24) is 10.2 Å². The quantitative estimate of drug-likeness (QED) is 0.583. The summed E-state index contributed by atoms with van der Waals surface area (Å²) >= 11 is 1.70. The Kier molecular flexibility index (Phi) is 5.96. The van der Waals surface area contributed by atoms with Crippen LogP contribution in [0.2, 0.25) is 0 Å². The topological polar surface area (TPSA) is 69.6 Å². The first-order chi connectivity index (χ1) is 10.1. The van der Waals surface area contributed by atoms with Crippen molar-refractivity contribution in [2.24, 2.45) is 5.92 Å². The van der Waals surface area contributed by atoms with Crippen LogP contribution in [0.15, 0.2) is 12.7 Å². The van der Waals surface area contributed by atoms with E-state index in [0.29, 0.717) is 18.9 Å². The summed E-state index contributed by atoms with van der Waals surface area (Å²) in [6, 6.07) is -0.754.